The van der Waals surface area contributed by atoms with Crippen LogP contribution in [-0.4, -0.2) is 68.1 Å². The Morgan fingerprint density at radius 1 is 0.893 bits per heavy atom. The molecule has 3 amide bonds. The summed E-state index contributed by atoms with van der Waals surface area (Å²) in [6.07, 6.45) is 2.01. The Morgan fingerprint density at radius 3 is 2.00 bits per heavy atom. The number of nitrogen functional groups attached to an aromatic ring is 1. The third-order valence-corrected chi connectivity index (χ3v) is 11.8. The number of carboxylic acids is 1. The van der Waals surface area contributed by atoms with Crippen molar-refractivity contribution >= 4 is 63.3 Å². The number of allylic oxidation sites excluding steroid dienone is 1. The molecule has 0 spiro atoms. The van der Waals surface area contributed by atoms with Crippen LogP contribution in [0.5, 0.6) is 0 Å². The number of oxime groups is 1. The second-order valence-corrected chi connectivity index (χ2v) is 15.1. The van der Waals surface area contributed by atoms with Gasteiger partial charge in [-0.3, -0.25) is 19.3 Å². The molecule has 3 aliphatic heterocycles. The molecule has 12 nitrogen and oxygen atoms in total. The van der Waals surface area contributed by atoms with E-state index in [4.69, 9.17) is 10.6 Å². The van der Waals surface area contributed by atoms with E-state index in [0.29, 0.717) is 24.1 Å². The van der Waals surface area contributed by atoms with E-state index in [9.17, 15) is 24.3 Å². The number of benzene rings is 4. The van der Waals surface area contributed by atoms with Crippen LogP contribution in [0.3, 0.4) is 0 Å². The summed E-state index contributed by atoms with van der Waals surface area (Å²) in [5.74, 6) is -2.70. The summed E-state index contributed by atoms with van der Waals surface area (Å²) in [6, 6.07) is 36.7. The largest absolute Gasteiger partial charge is 0.477 e. The fourth-order valence-corrected chi connectivity index (χ4v) is 9.02. The molecule has 2 atom stereocenters. The topological polar surface area (TPSA) is 168 Å². The third kappa shape index (κ3) is 6.62. The Bertz CT molecular complexity index is 2310. The van der Waals surface area contributed by atoms with Gasteiger partial charge in [0.2, 0.25) is 5.60 Å². The number of para-hydroxylation sites is 1. The highest BCUT2D eigenvalue weighted by atomic mass is 32.2. The van der Waals surface area contributed by atoms with Gasteiger partial charge in [0.25, 0.3) is 17.7 Å². The molecule has 0 bridgehead atoms. The Balaban J connectivity index is 1.10. The van der Waals surface area contributed by atoms with Gasteiger partial charge in [0.1, 0.15) is 22.8 Å². The van der Waals surface area contributed by atoms with Crippen molar-refractivity contribution < 1.29 is 29.1 Å². The van der Waals surface area contributed by atoms with Crippen molar-refractivity contribution in [1.82, 2.24) is 15.2 Å². The van der Waals surface area contributed by atoms with E-state index < -0.39 is 34.8 Å². The number of nitrogens with one attached hydrogen (secondary N) is 1. The van der Waals surface area contributed by atoms with Crippen molar-refractivity contribution in [3.63, 3.8) is 0 Å². The summed E-state index contributed by atoms with van der Waals surface area (Å²) in [4.78, 5) is 67.7. The van der Waals surface area contributed by atoms with Crippen LogP contribution in [0.2, 0.25) is 0 Å². The highest BCUT2D eigenvalue weighted by Crippen LogP contribution is 2.43. The van der Waals surface area contributed by atoms with Crippen molar-refractivity contribution in [3.8, 4) is 0 Å². The van der Waals surface area contributed by atoms with Gasteiger partial charge in [-0.1, -0.05) is 114 Å². The van der Waals surface area contributed by atoms with Gasteiger partial charge < -0.3 is 25.9 Å². The van der Waals surface area contributed by atoms with Gasteiger partial charge in [-0.05, 0) is 30.2 Å². The first-order chi connectivity index (χ1) is 27.3. The number of amides is 3. The molecule has 0 aliphatic carbocycles. The fourth-order valence-electron chi connectivity index (χ4n) is 7.17. The first-order valence-corrected chi connectivity index (χ1v) is 19.6. The van der Waals surface area contributed by atoms with Crippen LogP contribution < -0.4 is 16.0 Å². The first kappa shape index (κ1) is 36.5. The van der Waals surface area contributed by atoms with Crippen molar-refractivity contribution in [1.29, 1.82) is 0 Å². The number of nitrogens with zero attached hydrogens (tertiary/aromatic N) is 4. The molecule has 280 valence electrons. The minimum Gasteiger partial charge on any atom is -0.477 e. The lowest BCUT2D eigenvalue weighted by molar-refractivity contribution is -0.150. The molecule has 2 saturated heterocycles. The van der Waals surface area contributed by atoms with Gasteiger partial charge in [-0.2, -0.15) is 0 Å². The maximum Gasteiger partial charge on any atom is 0.352 e. The number of hydrogen-bond acceptors (Lipinski definition) is 10. The Hall–Kier alpha value is -6.51. The van der Waals surface area contributed by atoms with E-state index in [-0.39, 0.29) is 33.9 Å². The van der Waals surface area contributed by atoms with Crippen molar-refractivity contribution in [2.45, 2.75) is 23.4 Å². The zero-order valence-corrected chi connectivity index (χ0v) is 31.3. The second kappa shape index (κ2) is 15.3. The highest BCUT2D eigenvalue weighted by molar-refractivity contribution is 8.00. The quantitative estimate of drug-likeness (QED) is 0.0513. The summed E-state index contributed by atoms with van der Waals surface area (Å²) in [5.41, 5.74) is 8.18. The molecule has 0 radical (unpaired) electrons. The molecule has 8 rings (SSSR count). The Labute approximate surface area is 330 Å². The highest BCUT2D eigenvalue weighted by Gasteiger charge is 2.54. The summed E-state index contributed by atoms with van der Waals surface area (Å²) in [5, 5.41) is 18.7. The van der Waals surface area contributed by atoms with E-state index in [2.05, 4.69) is 15.5 Å². The molecule has 2 fully saturated rings. The lowest BCUT2D eigenvalue weighted by atomic mass is 9.80. The van der Waals surface area contributed by atoms with Gasteiger partial charge in [-0.15, -0.1) is 23.1 Å². The van der Waals surface area contributed by atoms with Crippen molar-refractivity contribution in [3.05, 3.63) is 172 Å². The van der Waals surface area contributed by atoms with E-state index in [1.165, 1.54) is 16.7 Å². The lowest BCUT2D eigenvalue weighted by Gasteiger charge is -2.49. The smallest absolute Gasteiger partial charge is 0.352 e. The van der Waals surface area contributed by atoms with E-state index in [1.54, 1.807) is 16.4 Å². The number of aliphatic carboxylic acids is 1. The molecule has 4 heterocycles. The van der Waals surface area contributed by atoms with Crippen LogP contribution in [0.15, 0.2) is 155 Å². The number of carboxylic acid groups (broad SMARTS) is 1. The van der Waals surface area contributed by atoms with Crippen molar-refractivity contribution in [2.24, 2.45) is 5.16 Å². The maximum absolute atomic E-state index is 14.2. The molecule has 56 heavy (non-hydrogen) atoms. The van der Waals surface area contributed by atoms with Crippen LogP contribution in [0.25, 0.3) is 0 Å². The van der Waals surface area contributed by atoms with Crippen LogP contribution >= 0.6 is 23.1 Å². The lowest BCUT2D eigenvalue weighted by Crippen LogP contribution is -2.71. The predicted octanol–water partition coefficient (Wildman–Crippen LogP) is 5.54. The number of aromatic nitrogens is 1. The minimum atomic E-state index is -1.32. The number of hydrogen-bond donors (Lipinski definition) is 3. The molecule has 1 aromatic heterocycles. The van der Waals surface area contributed by atoms with Gasteiger partial charge in [0.15, 0.2) is 10.8 Å². The maximum atomic E-state index is 14.2. The van der Waals surface area contributed by atoms with Crippen LogP contribution in [0.4, 0.5) is 10.8 Å². The van der Waals surface area contributed by atoms with Crippen molar-refractivity contribution in [2.75, 3.05) is 22.9 Å². The number of thioether (sulfide) groups is 1. The molecule has 0 unspecified atom stereocenters. The van der Waals surface area contributed by atoms with Crippen LogP contribution in [0.1, 0.15) is 28.8 Å². The second-order valence-electron chi connectivity index (χ2n) is 13.1. The first-order valence-electron chi connectivity index (χ1n) is 17.7. The average molecular weight is 783 g/mol. The average Bonchev–Trinajstić information content (AvgIpc) is 3.83. The van der Waals surface area contributed by atoms with Gasteiger partial charge in [-0.25, -0.2) is 9.78 Å². The zero-order valence-electron chi connectivity index (χ0n) is 29.6. The molecule has 4 aromatic carbocycles. The van der Waals surface area contributed by atoms with Crippen LogP contribution in [0, 0.1) is 0 Å². The Kier molecular flexibility index (Phi) is 9.98. The molecule has 3 aliphatic rings. The normalized spacial score (nSPS) is 19.1. The number of anilines is 2. The predicted molar refractivity (Wildman–Crippen MR) is 215 cm³/mol. The van der Waals surface area contributed by atoms with Gasteiger partial charge in [0, 0.05) is 45.6 Å². The standard InChI is InChI=1S/C42H34N6O6S2/c43-41-44-32(25-56-41)33(46-54-42(28-13-5-1-6-14-28,29-15-7-2-8-16-29)30-17-9-3-10-18-30)36(49)45-34-38(51)48-35(40(52)53)27(24-55-39(34)48)23-26-21-22-47(37(26)50)31-19-11-4-12-20-31/h1-20,23,25,34,39H,21-22,24H2,(H2,43,44)(H,45,49)(H,52,53)/b26-23+,46-33-/t34-,39-/m1/s1. The fraction of sp³-hybridized carbons (Fsp3) is 0.143. The number of carbonyl (C=O) groups excluding carboxylic acids is 3. The number of nitrogens with two attached hydrogens (primary N) is 1. The summed E-state index contributed by atoms with van der Waals surface area (Å²) < 4.78 is 0. The summed E-state index contributed by atoms with van der Waals surface area (Å²) >= 11 is 2.41. The molecule has 14 heteroatoms. The number of rotatable bonds is 11. The van der Waals surface area contributed by atoms with E-state index in [1.807, 2.05) is 121 Å². The molecule has 5 aromatic rings. The van der Waals surface area contributed by atoms with Gasteiger partial charge >= 0.3 is 5.97 Å². The minimum absolute atomic E-state index is 0.138. The number of fused-ring (bicyclic) bond motifs is 1. The van der Waals surface area contributed by atoms with E-state index >= 15 is 0 Å². The monoisotopic (exact) mass is 782 g/mol. The van der Waals surface area contributed by atoms with Crippen LogP contribution in [-0.2, 0) is 29.6 Å². The summed E-state index contributed by atoms with van der Waals surface area (Å²) in [6.45, 7) is 0.457. The SMILES string of the molecule is Nc1nc(/C(=N/OC(c2ccccc2)(c2ccccc2)c2ccccc2)C(=O)N[C@@H]2C(=O)N3C(C(=O)O)=C(/C=C4\CCN(c5ccccc5)C4=O)CS[C@H]23)cs1. The zero-order chi connectivity index (χ0) is 38.8. The molecular weight excluding hydrogens is 749 g/mol. The van der Waals surface area contributed by atoms with E-state index in [0.717, 1.165) is 33.7 Å². The Morgan fingerprint density at radius 2 is 1.46 bits per heavy atom. The molecule has 4 N–H and O–H groups in total. The molecular formula is C42H34N6O6S2. The molecule has 0 saturated carbocycles. The summed E-state index contributed by atoms with van der Waals surface area (Å²) in [7, 11) is 0. The number of β-lactam (4-membered cyclic amide) rings is 1. The number of carbonyl (C=O) groups is 4. The third-order valence-electron chi connectivity index (χ3n) is 9.82. The number of thiazole rings is 1. The van der Waals surface area contributed by atoms with Gasteiger partial charge in [0.05, 0.1) is 0 Å².